The van der Waals surface area contributed by atoms with Gasteiger partial charge in [0.2, 0.25) is 0 Å². The Hall–Kier alpha value is 0.150. The molecule has 0 amide bonds. The van der Waals surface area contributed by atoms with Crippen molar-refractivity contribution < 1.29 is 4.79 Å². The van der Waals surface area contributed by atoms with Crippen molar-refractivity contribution in [1.82, 2.24) is 0 Å². The van der Waals surface area contributed by atoms with Crippen molar-refractivity contribution in [2.75, 3.05) is 0 Å². The number of carbonyl (C=O) groups is 1. The first-order valence-electron chi connectivity index (χ1n) is 4.95. The number of rotatable bonds is 8. The zero-order valence-electron chi connectivity index (χ0n) is 7.94. The summed E-state index contributed by atoms with van der Waals surface area (Å²) in [6.07, 6.45) is 9.62. The van der Waals surface area contributed by atoms with E-state index in [4.69, 9.17) is 0 Å². The van der Waals surface area contributed by atoms with Crippen molar-refractivity contribution in [2.45, 2.75) is 58.3 Å². The number of hydrogen-bond donors (Lipinski definition) is 0. The van der Waals surface area contributed by atoms with Gasteiger partial charge in [-0.25, -0.2) is 0 Å². The average Bonchev–Trinajstić information content (AvgIpc) is 2.02. The van der Waals surface area contributed by atoms with Crippen LogP contribution in [0.3, 0.4) is 0 Å². The fourth-order valence-electron chi connectivity index (χ4n) is 1.22. The molecule has 0 radical (unpaired) electrons. The van der Waals surface area contributed by atoms with Crippen LogP contribution >= 0.6 is 15.9 Å². The molecule has 12 heavy (non-hydrogen) atoms. The van der Waals surface area contributed by atoms with E-state index in [-0.39, 0.29) is 4.69 Å². The van der Waals surface area contributed by atoms with Gasteiger partial charge in [0.05, 0.1) is 0 Å². The van der Waals surface area contributed by atoms with E-state index in [1.54, 1.807) is 0 Å². The molecule has 0 saturated heterocycles. The van der Waals surface area contributed by atoms with Gasteiger partial charge in [0.1, 0.15) is 0 Å². The minimum absolute atomic E-state index is 0.149. The van der Waals surface area contributed by atoms with Gasteiger partial charge in [-0.15, -0.1) is 0 Å². The monoisotopic (exact) mass is 234 g/mol. The largest absolute Gasteiger partial charge is 0.287 e. The Bertz CT molecular complexity index is 112. The number of carbonyl (C=O) groups excluding carboxylic acids is 1. The molecule has 0 aliphatic heterocycles. The van der Waals surface area contributed by atoms with Crippen LogP contribution in [0.15, 0.2) is 0 Å². The lowest BCUT2D eigenvalue weighted by molar-refractivity contribution is -0.110. The van der Waals surface area contributed by atoms with Gasteiger partial charge in [-0.1, -0.05) is 45.4 Å². The summed E-state index contributed by atoms with van der Waals surface area (Å²) >= 11 is 2.93. The smallest absolute Gasteiger partial charge is 0.197 e. The van der Waals surface area contributed by atoms with Crippen molar-refractivity contribution in [2.24, 2.45) is 0 Å². The molecule has 0 aliphatic rings. The lowest BCUT2D eigenvalue weighted by atomic mass is 10.1. The molecule has 0 aromatic heterocycles. The molecule has 0 unspecified atom stereocenters. The normalized spacial score (nSPS) is 10.2. The SMILES string of the molecule is CCCCCCCCCC(=O)Br. The molecular weight excluding hydrogens is 216 g/mol. The van der Waals surface area contributed by atoms with Crippen LogP contribution < -0.4 is 0 Å². The highest BCUT2D eigenvalue weighted by atomic mass is 79.9. The highest BCUT2D eigenvalue weighted by molar-refractivity contribution is 9.18. The summed E-state index contributed by atoms with van der Waals surface area (Å²) in [6, 6.07) is 0. The van der Waals surface area contributed by atoms with Gasteiger partial charge in [0.15, 0.2) is 4.69 Å². The second kappa shape index (κ2) is 9.24. The maximum atomic E-state index is 10.5. The summed E-state index contributed by atoms with van der Waals surface area (Å²) in [4.78, 5) is 10.5. The molecule has 0 fully saturated rings. The maximum Gasteiger partial charge on any atom is 0.197 e. The van der Waals surface area contributed by atoms with Crippen molar-refractivity contribution in [1.29, 1.82) is 0 Å². The average molecular weight is 235 g/mol. The van der Waals surface area contributed by atoms with Crippen molar-refractivity contribution in [3.63, 3.8) is 0 Å². The predicted molar refractivity (Wildman–Crippen MR) is 56.5 cm³/mol. The third kappa shape index (κ3) is 10.2. The summed E-state index contributed by atoms with van der Waals surface area (Å²) in [7, 11) is 0. The summed E-state index contributed by atoms with van der Waals surface area (Å²) in [5, 5.41) is 0. The van der Waals surface area contributed by atoms with Crippen LogP contribution in [-0.2, 0) is 4.79 Å². The van der Waals surface area contributed by atoms with Crippen molar-refractivity contribution in [3.8, 4) is 0 Å². The van der Waals surface area contributed by atoms with E-state index in [0.717, 1.165) is 6.42 Å². The molecule has 0 atom stereocenters. The van der Waals surface area contributed by atoms with Crippen LogP contribution in [0.1, 0.15) is 58.3 Å². The van der Waals surface area contributed by atoms with Gasteiger partial charge in [0.25, 0.3) is 0 Å². The molecule has 0 aromatic carbocycles. The maximum absolute atomic E-state index is 10.5. The van der Waals surface area contributed by atoms with Gasteiger partial charge in [-0.05, 0) is 22.4 Å². The van der Waals surface area contributed by atoms with Crippen LogP contribution in [0, 0.1) is 0 Å². The van der Waals surface area contributed by atoms with Crippen molar-refractivity contribution in [3.05, 3.63) is 0 Å². The Labute approximate surface area is 84.1 Å². The third-order valence-electron chi connectivity index (χ3n) is 1.98. The molecule has 0 rings (SSSR count). The molecular formula is C10H19BrO. The van der Waals surface area contributed by atoms with E-state index in [9.17, 15) is 4.79 Å². The highest BCUT2D eigenvalue weighted by Gasteiger charge is 1.94. The number of halogens is 1. The molecule has 0 heterocycles. The topological polar surface area (TPSA) is 17.1 Å². The molecule has 1 nitrogen and oxygen atoms in total. The second-order valence-electron chi connectivity index (χ2n) is 3.23. The highest BCUT2D eigenvalue weighted by Crippen LogP contribution is 2.09. The fourth-order valence-corrected chi connectivity index (χ4v) is 1.50. The van der Waals surface area contributed by atoms with Gasteiger partial charge in [0, 0.05) is 6.42 Å². The van der Waals surface area contributed by atoms with E-state index >= 15 is 0 Å². The van der Waals surface area contributed by atoms with Crippen LogP contribution in [-0.4, -0.2) is 4.69 Å². The Morgan fingerprint density at radius 1 is 1.00 bits per heavy atom. The first-order chi connectivity index (χ1) is 5.77. The lowest BCUT2D eigenvalue weighted by Crippen LogP contribution is -1.85. The summed E-state index contributed by atoms with van der Waals surface area (Å²) < 4.78 is 0.149. The first-order valence-corrected chi connectivity index (χ1v) is 5.75. The summed E-state index contributed by atoms with van der Waals surface area (Å²) in [5.41, 5.74) is 0. The Kier molecular flexibility index (Phi) is 9.36. The zero-order chi connectivity index (χ0) is 9.23. The second-order valence-corrected chi connectivity index (χ2v) is 4.11. The van der Waals surface area contributed by atoms with E-state index in [1.165, 1.54) is 38.5 Å². The van der Waals surface area contributed by atoms with Gasteiger partial charge < -0.3 is 0 Å². The molecule has 72 valence electrons. The molecule has 0 spiro atoms. The quantitative estimate of drug-likeness (QED) is 0.458. The molecule has 0 saturated carbocycles. The van der Waals surface area contributed by atoms with Crippen LogP contribution in [0.4, 0.5) is 0 Å². The minimum atomic E-state index is 0.149. The van der Waals surface area contributed by atoms with Crippen LogP contribution in [0.2, 0.25) is 0 Å². The summed E-state index contributed by atoms with van der Waals surface area (Å²) in [5.74, 6) is 0. The molecule has 0 aromatic rings. The lowest BCUT2D eigenvalue weighted by Gasteiger charge is -1.98. The standard InChI is InChI=1S/C10H19BrO/c1-2-3-4-5-6-7-8-9-10(11)12/h2-9H2,1H3. The van der Waals surface area contributed by atoms with Crippen molar-refractivity contribution >= 4 is 20.6 Å². The molecule has 2 heteroatoms. The molecule has 0 aliphatic carbocycles. The van der Waals surface area contributed by atoms with E-state index in [0.29, 0.717) is 6.42 Å². The summed E-state index contributed by atoms with van der Waals surface area (Å²) in [6.45, 7) is 2.23. The van der Waals surface area contributed by atoms with Crippen LogP contribution in [0.5, 0.6) is 0 Å². The molecule has 0 N–H and O–H groups in total. The van der Waals surface area contributed by atoms with E-state index in [2.05, 4.69) is 22.9 Å². The fraction of sp³-hybridized carbons (Fsp3) is 0.900. The van der Waals surface area contributed by atoms with Crippen LogP contribution in [0.25, 0.3) is 0 Å². The zero-order valence-corrected chi connectivity index (χ0v) is 9.53. The van der Waals surface area contributed by atoms with E-state index < -0.39 is 0 Å². The Balaban J connectivity index is 2.86. The molecule has 0 bridgehead atoms. The van der Waals surface area contributed by atoms with Gasteiger partial charge in [-0.2, -0.15) is 0 Å². The van der Waals surface area contributed by atoms with E-state index in [1.807, 2.05) is 0 Å². The predicted octanol–water partition coefficient (Wildman–Crippen LogP) is 4.05. The Morgan fingerprint density at radius 3 is 2.00 bits per heavy atom. The van der Waals surface area contributed by atoms with Gasteiger partial charge >= 0.3 is 0 Å². The first kappa shape index (κ1) is 12.2. The Morgan fingerprint density at radius 2 is 1.50 bits per heavy atom. The van der Waals surface area contributed by atoms with Gasteiger partial charge in [-0.3, -0.25) is 4.79 Å². The third-order valence-corrected chi connectivity index (χ3v) is 2.37. The minimum Gasteiger partial charge on any atom is -0.287 e. The number of unbranched alkanes of at least 4 members (excludes halogenated alkanes) is 6. The number of hydrogen-bond acceptors (Lipinski definition) is 1.